The van der Waals surface area contributed by atoms with Gasteiger partial charge in [0, 0.05) is 0 Å². The van der Waals surface area contributed by atoms with Gasteiger partial charge in [0.05, 0.1) is 18.4 Å². The summed E-state index contributed by atoms with van der Waals surface area (Å²) in [4.78, 5) is 10.9. The van der Waals surface area contributed by atoms with E-state index in [0.717, 1.165) is 11.3 Å². The van der Waals surface area contributed by atoms with Crippen LogP contribution in [-0.4, -0.2) is 18.7 Å². The van der Waals surface area contributed by atoms with Gasteiger partial charge < -0.3 is 20.5 Å². The van der Waals surface area contributed by atoms with Crippen molar-refractivity contribution in [2.45, 2.75) is 19.4 Å². The molecule has 5 heteroatoms. The van der Waals surface area contributed by atoms with E-state index in [4.69, 9.17) is 15.2 Å². The Bertz CT molecular complexity index is 521. The Morgan fingerprint density at radius 1 is 1.44 bits per heavy atom. The number of urea groups is 1. The first kappa shape index (κ1) is 12.3. The fourth-order valence-electron chi connectivity index (χ4n) is 1.88. The normalized spacial score (nSPS) is 15.5. The molecule has 0 unspecified atom stereocenters. The SMILES string of the molecule is COc1c(NC(N)=O)ccc2c1C=CC(C)(C)O2. The van der Waals surface area contributed by atoms with Crippen LogP contribution in [-0.2, 0) is 0 Å². The molecule has 0 atom stereocenters. The number of methoxy groups -OCH3 is 1. The first-order valence-electron chi connectivity index (χ1n) is 5.58. The van der Waals surface area contributed by atoms with Gasteiger partial charge in [0.25, 0.3) is 0 Å². The zero-order valence-electron chi connectivity index (χ0n) is 10.6. The van der Waals surface area contributed by atoms with Crippen LogP contribution < -0.4 is 20.5 Å². The quantitative estimate of drug-likeness (QED) is 0.843. The third kappa shape index (κ3) is 2.25. The van der Waals surface area contributed by atoms with Gasteiger partial charge in [-0.3, -0.25) is 0 Å². The highest BCUT2D eigenvalue weighted by Gasteiger charge is 2.25. The van der Waals surface area contributed by atoms with E-state index in [0.29, 0.717) is 11.4 Å². The number of hydrogen-bond donors (Lipinski definition) is 2. The van der Waals surface area contributed by atoms with Gasteiger partial charge in [-0.1, -0.05) is 0 Å². The zero-order chi connectivity index (χ0) is 13.3. The lowest BCUT2D eigenvalue weighted by atomic mass is 10.0. The molecule has 1 aromatic carbocycles. The molecule has 1 aliphatic heterocycles. The van der Waals surface area contributed by atoms with E-state index in [9.17, 15) is 4.79 Å². The number of anilines is 1. The van der Waals surface area contributed by atoms with Gasteiger partial charge in [-0.05, 0) is 38.1 Å². The highest BCUT2D eigenvalue weighted by atomic mass is 16.5. The maximum Gasteiger partial charge on any atom is 0.316 e. The molecule has 0 spiro atoms. The van der Waals surface area contributed by atoms with E-state index in [1.54, 1.807) is 12.1 Å². The summed E-state index contributed by atoms with van der Waals surface area (Å²) in [6, 6.07) is 2.86. The summed E-state index contributed by atoms with van der Waals surface area (Å²) in [6.45, 7) is 3.93. The second kappa shape index (κ2) is 4.25. The van der Waals surface area contributed by atoms with Crippen LogP contribution in [0.15, 0.2) is 18.2 Å². The van der Waals surface area contributed by atoms with E-state index in [1.807, 2.05) is 26.0 Å². The number of carbonyl (C=O) groups is 1. The number of primary amides is 1. The van der Waals surface area contributed by atoms with Crippen LogP contribution in [0, 0.1) is 0 Å². The Kier molecular flexibility index (Phi) is 2.90. The Hall–Kier alpha value is -2.17. The van der Waals surface area contributed by atoms with Crippen molar-refractivity contribution in [2.24, 2.45) is 5.73 Å². The van der Waals surface area contributed by atoms with Crippen molar-refractivity contribution < 1.29 is 14.3 Å². The fourth-order valence-corrected chi connectivity index (χ4v) is 1.88. The molecule has 18 heavy (non-hydrogen) atoms. The lowest BCUT2D eigenvalue weighted by Crippen LogP contribution is -2.27. The number of amides is 2. The molecular weight excluding hydrogens is 232 g/mol. The summed E-state index contributed by atoms with van der Waals surface area (Å²) < 4.78 is 11.1. The molecule has 0 radical (unpaired) electrons. The van der Waals surface area contributed by atoms with Crippen LogP contribution in [0.4, 0.5) is 10.5 Å². The smallest absolute Gasteiger partial charge is 0.316 e. The van der Waals surface area contributed by atoms with Crippen LogP contribution in [0.1, 0.15) is 19.4 Å². The molecule has 3 N–H and O–H groups in total. The second-order valence-corrected chi connectivity index (χ2v) is 4.59. The zero-order valence-corrected chi connectivity index (χ0v) is 10.6. The predicted molar refractivity (Wildman–Crippen MR) is 69.9 cm³/mol. The summed E-state index contributed by atoms with van der Waals surface area (Å²) in [7, 11) is 1.54. The predicted octanol–water partition coefficient (Wildman–Crippen LogP) is 2.37. The van der Waals surface area contributed by atoms with E-state index in [-0.39, 0.29) is 5.60 Å². The number of rotatable bonds is 2. The van der Waals surface area contributed by atoms with Crippen LogP contribution in [0.5, 0.6) is 11.5 Å². The molecule has 1 aromatic rings. The molecule has 5 nitrogen and oxygen atoms in total. The average Bonchev–Trinajstić information content (AvgIpc) is 2.27. The lowest BCUT2D eigenvalue weighted by molar-refractivity contribution is 0.158. The minimum Gasteiger partial charge on any atom is -0.494 e. The number of fused-ring (bicyclic) bond motifs is 1. The summed E-state index contributed by atoms with van der Waals surface area (Å²) in [5.74, 6) is 1.26. The van der Waals surface area contributed by atoms with E-state index in [2.05, 4.69) is 5.32 Å². The van der Waals surface area contributed by atoms with Crippen molar-refractivity contribution in [3.8, 4) is 11.5 Å². The minimum atomic E-state index is -0.630. The number of nitrogens with one attached hydrogen (secondary N) is 1. The summed E-state index contributed by atoms with van der Waals surface area (Å²) in [5.41, 5.74) is 6.08. The number of hydrogen-bond acceptors (Lipinski definition) is 3. The van der Waals surface area contributed by atoms with Crippen LogP contribution >= 0.6 is 0 Å². The van der Waals surface area contributed by atoms with Gasteiger partial charge in [0.2, 0.25) is 0 Å². The first-order valence-corrected chi connectivity index (χ1v) is 5.58. The van der Waals surface area contributed by atoms with E-state index in [1.165, 1.54) is 7.11 Å². The number of ether oxygens (including phenoxy) is 2. The molecule has 0 bridgehead atoms. The molecule has 1 aliphatic rings. The Morgan fingerprint density at radius 2 is 2.17 bits per heavy atom. The molecule has 0 saturated heterocycles. The van der Waals surface area contributed by atoms with Gasteiger partial charge in [-0.2, -0.15) is 0 Å². The monoisotopic (exact) mass is 248 g/mol. The number of benzene rings is 1. The van der Waals surface area contributed by atoms with Crippen molar-refractivity contribution in [3.05, 3.63) is 23.8 Å². The molecule has 96 valence electrons. The van der Waals surface area contributed by atoms with E-state index >= 15 is 0 Å². The molecular formula is C13H16N2O3. The lowest BCUT2D eigenvalue weighted by Gasteiger charge is -2.29. The van der Waals surface area contributed by atoms with Crippen LogP contribution in [0.25, 0.3) is 6.08 Å². The first-order chi connectivity index (χ1) is 8.43. The summed E-state index contributed by atoms with van der Waals surface area (Å²) in [6.07, 6.45) is 3.86. The maximum absolute atomic E-state index is 10.9. The number of nitrogens with two attached hydrogens (primary N) is 1. The molecule has 0 aromatic heterocycles. The topological polar surface area (TPSA) is 73.6 Å². The van der Waals surface area contributed by atoms with Crippen molar-refractivity contribution in [1.82, 2.24) is 0 Å². The van der Waals surface area contributed by atoms with Crippen molar-refractivity contribution in [1.29, 1.82) is 0 Å². The second-order valence-electron chi connectivity index (χ2n) is 4.59. The molecule has 0 saturated carbocycles. The summed E-state index contributed by atoms with van der Waals surface area (Å²) >= 11 is 0. The van der Waals surface area contributed by atoms with Gasteiger partial charge >= 0.3 is 6.03 Å². The van der Waals surface area contributed by atoms with Gasteiger partial charge in [0.1, 0.15) is 11.4 Å². The van der Waals surface area contributed by atoms with Crippen molar-refractivity contribution in [2.75, 3.05) is 12.4 Å². The maximum atomic E-state index is 10.9. The Labute approximate surface area is 106 Å². The Balaban J connectivity index is 2.49. The van der Waals surface area contributed by atoms with Crippen molar-refractivity contribution >= 4 is 17.8 Å². The van der Waals surface area contributed by atoms with E-state index < -0.39 is 6.03 Å². The van der Waals surface area contributed by atoms with Crippen LogP contribution in [0.2, 0.25) is 0 Å². The molecule has 2 amide bonds. The van der Waals surface area contributed by atoms with Gasteiger partial charge in [0.15, 0.2) is 5.75 Å². The Morgan fingerprint density at radius 3 is 2.78 bits per heavy atom. The van der Waals surface area contributed by atoms with Gasteiger partial charge in [-0.15, -0.1) is 0 Å². The number of carbonyl (C=O) groups excluding carboxylic acids is 1. The molecule has 2 rings (SSSR count). The highest BCUT2D eigenvalue weighted by molar-refractivity contribution is 5.91. The van der Waals surface area contributed by atoms with Crippen molar-refractivity contribution in [3.63, 3.8) is 0 Å². The average molecular weight is 248 g/mol. The third-order valence-electron chi connectivity index (χ3n) is 2.64. The minimum absolute atomic E-state index is 0.351. The summed E-state index contributed by atoms with van der Waals surface area (Å²) in [5, 5.41) is 2.52. The molecule has 1 heterocycles. The standard InChI is InChI=1S/C13H16N2O3/c1-13(2)7-6-8-10(18-13)5-4-9(11(8)17-3)15-12(14)16/h4-7H,1-3H3,(H3,14,15,16). The third-order valence-corrected chi connectivity index (χ3v) is 2.64. The fraction of sp³-hybridized carbons (Fsp3) is 0.308. The molecule has 0 aliphatic carbocycles. The largest absolute Gasteiger partial charge is 0.494 e. The van der Waals surface area contributed by atoms with Gasteiger partial charge in [-0.25, -0.2) is 4.79 Å². The molecule has 0 fully saturated rings. The van der Waals surface area contributed by atoms with Crippen LogP contribution in [0.3, 0.4) is 0 Å². The highest BCUT2D eigenvalue weighted by Crippen LogP contribution is 2.41.